The number of ether oxygens (including phenoxy) is 2. The van der Waals surface area contributed by atoms with E-state index in [9.17, 15) is 4.79 Å². The van der Waals surface area contributed by atoms with Gasteiger partial charge in [-0.3, -0.25) is 4.98 Å². The molecule has 0 aliphatic heterocycles. The Bertz CT molecular complexity index is 655. The van der Waals surface area contributed by atoms with Crippen LogP contribution in [0.2, 0.25) is 0 Å². The molecule has 9 heteroatoms. The summed E-state index contributed by atoms with van der Waals surface area (Å²) in [6.07, 6.45) is 1.56. The average Bonchev–Trinajstić information content (AvgIpc) is 2.89. The van der Waals surface area contributed by atoms with E-state index in [0.29, 0.717) is 22.9 Å². The number of aromatic carboxylic acids is 1. The molecule has 0 aliphatic rings. The molecule has 21 heavy (non-hydrogen) atoms. The highest BCUT2D eigenvalue weighted by molar-refractivity contribution is 5.86. The number of carbonyl (C=O) groups is 1. The zero-order valence-corrected chi connectivity index (χ0v) is 11.6. The molecule has 0 bridgehead atoms. The first-order valence-electron chi connectivity index (χ1n) is 6.04. The minimum absolute atomic E-state index is 0.000910. The van der Waals surface area contributed by atoms with Crippen LogP contribution in [0.5, 0.6) is 11.5 Å². The summed E-state index contributed by atoms with van der Waals surface area (Å²) in [6.45, 7) is 0.175. The second-order valence-corrected chi connectivity index (χ2v) is 4.04. The van der Waals surface area contributed by atoms with Gasteiger partial charge < -0.3 is 20.3 Å². The van der Waals surface area contributed by atoms with Gasteiger partial charge in [-0.2, -0.15) is 0 Å². The Morgan fingerprint density at radius 2 is 2.19 bits per heavy atom. The Morgan fingerprint density at radius 3 is 2.76 bits per heavy atom. The second-order valence-electron chi connectivity index (χ2n) is 4.04. The molecule has 0 spiro atoms. The van der Waals surface area contributed by atoms with Crippen molar-refractivity contribution in [2.24, 2.45) is 5.73 Å². The zero-order chi connectivity index (χ0) is 15.4. The summed E-state index contributed by atoms with van der Waals surface area (Å²) >= 11 is 0. The zero-order valence-electron chi connectivity index (χ0n) is 11.6. The van der Waals surface area contributed by atoms with Crippen LogP contribution in [-0.4, -0.2) is 45.3 Å². The molecule has 2 aromatic rings. The molecule has 0 atom stereocenters. The van der Waals surface area contributed by atoms with Gasteiger partial charge in [-0.15, -0.1) is 5.10 Å². The number of nitrogens with two attached hydrogens (primary N) is 1. The highest BCUT2D eigenvalue weighted by Crippen LogP contribution is 2.29. The quantitative estimate of drug-likeness (QED) is 0.756. The van der Waals surface area contributed by atoms with E-state index in [1.807, 2.05) is 0 Å². The lowest BCUT2D eigenvalue weighted by Crippen LogP contribution is -2.14. The lowest BCUT2D eigenvalue weighted by atomic mass is 10.2. The number of hydrogen-bond donors (Lipinski definition) is 2. The van der Waals surface area contributed by atoms with Gasteiger partial charge in [0, 0.05) is 18.8 Å². The Kier molecular flexibility index (Phi) is 4.33. The third-order valence-corrected chi connectivity index (χ3v) is 2.90. The molecule has 0 saturated carbocycles. The van der Waals surface area contributed by atoms with Crippen LogP contribution in [0.4, 0.5) is 0 Å². The summed E-state index contributed by atoms with van der Waals surface area (Å²) in [5, 5.41) is 16.4. The van der Waals surface area contributed by atoms with Crippen molar-refractivity contribution in [3.63, 3.8) is 0 Å². The predicted octanol–water partition coefficient (Wildman–Crippen LogP) is -0.104. The molecule has 9 nitrogen and oxygen atoms in total. The molecular weight excluding hydrogens is 278 g/mol. The molecule has 0 aliphatic carbocycles. The molecule has 0 radical (unpaired) electrons. The molecule has 0 saturated heterocycles. The summed E-state index contributed by atoms with van der Waals surface area (Å²) in [5.74, 6) is -0.196. The van der Waals surface area contributed by atoms with Crippen LogP contribution in [0.1, 0.15) is 21.9 Å². The standard InChI is InChI=1S/C12H15N5O4/c1-20-9-3-4-14-7(11(9)21-2)6-17-8(5-13)10(12(18)19)15-16-17/h3-4H,5-6,13H2,1-2H3,(H,18,19). The fourth-order valence-electron chi connectivity index (χ4n) is 1.93. The molecule has 0 fully saturated rings. The number of hydrogen-bond acceptors (Lipinski definition) is 7. The van der Waals surface area contributed by atoms with E-state index in [2.05, 4.69) is 15.3 Å². The molecule has 0 aromatic carbocycles. The van der Waals surface area contributed by atoms with E-state index < -0.39 is 5.97 Å². The van der Waals surface area contributed by atoms with E-state index >= 15 is 0 Å². The maximum Gasteiger partial charge on any atom is 0.358 e. The third-order valence-electron chi connectivity index (χ3n) is 2.90. The number of aromatic nitrogens is 4. The Morgan fingerprint density at radius 1 is 1.43 bits per heavy atom. The number of rotatable bonds is 6. The van der Waals surface area contributed by atoms with Crippen LogP contribution in [0, 0.1) is 0 Å². The molecule has 2 rings (SSSR count). The summed E-state index contributed by atoms with van der Waals surface area (Å²) in [4.78, 5) is 15.2. The summed E-state index contributed by atoms with van der Waals surface area (Å²) in [5.41, 5.74) is 6.26. The Balaban J connectivity index is 2.41. The summed E-state index contributed by atoms with van der Waals surface area (Å²) < 4.78 is 11.8. The van der Waals surface area contributed by atoms with Gasteiger partial charge >= 0.3 is 5.97 Å². The topological polar surface area (TPSA) is 125 Å². The first kappa shape index (κ1) is 14.7. The van der Waals surface area contributed by atoms with Crippen molar-refractivity contribution in [3.05, 3.63) is 29.3 Å². The van der Waals surface area contributed by atoms with Crippen molar-refractivity contribution >= 4 is 5.97 Å². The van der Waals surface area contributed by atoms with Crippen molar-refractivity contribution in [2.45, 2.75) is 13.1 Å². The van der Waals surface area contributed by atoms with Crippen molar-refractivity contribution in [3.8, 4) is 11.5 Å². The maximum atomic E-state index is 11.0. The number of nitrogens with zero attached hydrogens (tertiary/aromatic N) is 4. The number of carboxylic acids is 1. The fourth-order valence-corrected chi connectivity index (χ4v) is 1.93. The van der Waals surface area contributed by atoms with Gasteiger partial charge in [0.1, 0.15) is 5.69 Å². The highest BCUT2D eigenvalue weighted by Gasteiger charge is 2.20. The number of pyridine rings is 1. The predicted molar refractivity (Wildman–Crippen MR) is 71.3 cm³/mol. The summed E-state index contributed by atoms with van der Waals surface area (Å²) in [7, 11) is 3.02. The first-order chi connectivity index (χ1) is 10.1. The van der Waals surface area contributed by atoms with Crippen LogP contribution < -0.4 is 15.2 Å². The van der Waals surface area contributed by atoms with Crippen molar-refractivity contribution in [2.75, 3.05) is 14.2 Å². The lowest BCUT2D eigenvalue weighted by molar-refractivity contribution is 0.0689. The molecular formula is C12H15N5O4. The Hall–Kier alpha value is -2.68. The number of carboxylic acid groups (broad SMARTS) is 1. The molecule has 0 unspecified atom stereocenters. The van der Waals surface area contributed by atoms with Crippen molar-refractivity contribution in [1.82, 2.24) is 20.0 Å². The normalized spacial score (nSPS) is 10.4. The fraction of sp³-hybridized carbons (Fsp3) is 0.333. The van der Waals surface area contributed by atoms with Gasteiger partial charge in [0.15, 0.2) is 17.2 Å². The van der Waals surface area contributed by atoms with Crippen molar-refractivity contribution < 1.29 is 19.4 Å². The van der Waals surface area contributed by atoms with Gasteiger partial charge in [0.05, 0.1) is 26.5 Å². The monoisotopic (exact) mass is 293 g/mol. The van der Waals surface area contributed by atoms with Crippen LogP contribution in [0.15, 0.2) is 12.3 Å². The van der Waals surface area contributed by atoms with Crippen LogP contribution >= 0.6 is 0 Å². The molecule has 112 valence electrons. The van der Waals surface area contributed by atoms with Gasteiger partial charge in [-0.1, -0.05) is 5.21 Å². The largest absolute Gasteiger partial charge is 0.493 e. The highest BCUT2D eigenvalue weighted by atomic mass is 16.5. The van der Waals surface area contributed by atoms with E-state index in [-0.39, 0.29) is 18.8 Å². The van der Waals surface area contributed by atoms with E-state index in [0.717, 1.165) is 0 Å². The maximum absolute atomic E-state index is 11.0. The van der Waals surface area contributed by atoms with Crippen LogP contribution in [0.3, 0.4) is 0 Å². The SMILES string of the molecule is COc1ccnc(Cn2nnc(C(=O)O)c2CN)c1OC. The first-order valence-corrected chi connectivity index (χ1v) is 6.04. The van der Waals surface area contributed by atoms with Crippen LogP contribution in [0.25, 0.3) is 0 Å². The average molecular weight is 293 g/mol. The van der Waals surface area contributed by atoms with Gasteiger partial charge in [-0.05, 0) is 0 Å². The third kappa shape index (κ3) is 2.77. The molecule has 2 heterocycles. The molecule has 3 N–H and O–H groups in total. The van der Waals surface area contributed by atoms with Gasteiger partial charge in [0.2, 0.25) is 0 Å². The molecule has 2 aromatic heterocycles. The van der Waals surface area contributed by atoms with Crippen molar-refractivity contribution in [1.29, 1.82) is 0 Å². The smallest absolute Gasteiger partial charge is 0.358 e. The second kappa shape index (κ2) is 6.18. The lowest BCUT2D eigenvalue weighted by Gasteiger charge is -2.12. The van der Waals surface area contributed by atoms with Gasteiger partial charge in [-0.25, -0.2) is 9.48 Å². The van der Waals surface area contributed by atoms with Gasteiger partial charge in [0.25, 0.3) is 0 Å². The summed E-state index contributed by atoms with van der Waals surface area (Å²) in [6, 6.07) is 1.66. The molecule has 0 amide bonds. The Labute approximate surface area is 120 Å². The minimum atomic E-state index is -1.17. The van der Waals surface area contributed by atoms with E-state index in [1.54, 1.807) is 12.3 Å². The van der Waals surface area contributed by atoms with E-state index in [1.165, 1.54) is 18.9 Å². The van der Waals surface area contributed by atoms with E-state index in [4.69, 9.17) is 20.3 Å². The minimum Gasteiger partial charge on any atom is -0.493 e. The van der Waals surface area contributed by atoms with Crippen LogP contribution in [-0.2, 0) is 13.1 Å². The number of methoxy groups -OCH3 is 2.